The first-order valence-electron chi connectivity index (χ1n) is 5.71. The average Bonchev–Trinajstić information content (AvgIpc) is 2.80. The lowest BCUT2D eigenvalue weighted by Gasteiger charge is -2.00. The summed E-state index contributed by atoms with van der Waals surface area (Å²) in [5.74, 6) is -0.299. The van der Waals surface area contributed by atoms with Gasteiger partial charge in [0.15, 0.2) is 5.69 Å². The van der Waals surface area contributed by atoms with Gasteiger partial charge in [-0.05, 0) is 32.0 Å². The normalized spacial score (nSPS) is 10.8. The van der Waals surface area contributed by atoms with Gasteiger partial charge in [-0.1, -0.05) is 11.6 Å². The Morgan fingerprint density at radius 3 is 2.89 bits per heavy atom. The molecule has 6 nitrogen and oxygen atoms in total. The van der Waals surface area contributed by atoms with Gasteiger partial charge in [-0.15, -0.1) is 0 Å². The van der Waals surface area contributed by atoms with Gasteiger partial charge < -0.3 is 5.11 Å². The summed E-state index contributed by atoms with van der Waals surface area (Å²) in [4.78, 5) is 11.6. The number of hydrazone groups is 1. The fourth-order valence-corrected chi connectivity index (χ4v) is 1.53. The van der Waals surface area contributed by atoms with Gasteiger partial charge >= 0.3 is 0 Å². The topological polar surface area (TPSA) is 90.4 Å². The van der Waals surface area contributed by atoms with Gasteiger partial charge in [0.25, 0.3) is 5.91 Å². The van der Waals surface area contributed by atoms with E-state index < -0.39 is 5.91 Å². The molecule has 1 aromatic heterocycles. The number of aryl methyl sites for hydroxylation is 2. The van der Waals surface area contributed by atoms with Crippen LogP contribution in [-0.4, -0.2) is 27.4 Å². The predicted octanol–water partition coefficient (Wildman–Crippen LogP) is 1.50. The summed E-state index contributed by atoms with van der Waals surface area (Å²) in [5.41, 5.74) is 4.94. The number of amides is 1. The maximum atomic E-state index is 11.6. The maximum Gasteiger partial charge on any atom is 0.291 e. The number of carbonyl (C=O) groups is 1. The van der Waals surface area contributed by atoms with Gasteiger partial charge in [0, 0.05) is 11.3 Å². The molecular weight excluding hydrogens is 244 g/mol. The van der Waals surface area contributed by atoms with Crippen LogP contribution in [0.3, 0.4) is 0 Å². The largest absolute Gasteiger partial charge is 0.507 e. The number of rotatable bonds is 3. The van der Waals surface area contributed by atoms with Crippen LogP contribution in [-0.2, 0) is 0 Å². The predicted molar refractivity (Wildman–Crippen MR) is 71.2 cm³/mol. The molecule has 0 saturated carbocycles. The first-order valence-corrected chi connectivity index (χ1v) is 5.71. The third-order valence-corrected chi connectivity index (χ3v) is 2.49. The van der Waals surface area contributed by atoms with Crippen LogP contribution in [0.2, 0.25) is 0 Å². The molecule has 1 aromatic carbocycles. The molecule has 1 amide bonds. The van der Waals surface area contributed by atoms with Gasteiger partial charge in [-0.3, -0.25) is 9.89 Å². The number of benzene rings is 1. The van der Waals surface area contributed by atoms with Crippen LogP contribution in [0.4, 0.5) is 0 Å². The Morgan fingerprint density at radius 1 is 1.42 bits per heavy atom. The van der Waals surface area contributed by atoms with Crippen molar-refractivity contribution in [2.24, 2.45) is 5.10 Å². The second kappa shape index (κ2) is 5.34. The summed E-state index contributed by atoms with van der Waals surface area (Å²) in [6.45, 7) is 3.71. The Morgan fingerprint density at radius 2 is 2.21 bits per heavy atom. The van der Waals surface area contributed by atoms with Crippen LogP contribution >= 0.6 is 0 Å². The van der Waals surface area contributed by atoms with Crippen molar-refractivity contribution in [3.8, 4) is 5.75 Å². The van der Waals surface area contributed by atoms with E-state index in [1.54, 1.807) is 31.2 Å². The van der Waals surface area contributed by atoms with Crippen LogP contribution < -0.4 is 5.43 Å². The van der Waals surface area contributed by atoms with Crippen LogP contribution in [0.5, 0.6) is 5.75 Å². The molecular formula is C13H14N4O2. The van der Waals surface area contributed by atoms with Crippen molar-refractivity contribution < 1.29 is 9.90 Å². The van der Waals surface area contributed by atoms with E-state index in [1.807, 2.05) is 6.92 Å². The molecule has 3 N–H and O–H groups in total. The summed E-state index contributed by atoms with van der Waals surface area (Å²) in [5, 5.41) is 19.9. The molecule has 2 rings (SSSR count). The zero-order chi connectivity index (χ0) is 13.8. The van der Waals surface area contributed by atoms with Crippen molar-refractivity contribution in [3.05, 3.63) is 46.8 Å². The zero-order valence-corrected chi connectivity index (χ0v) is 10.6. The SMILES string of the molecule is Cc1ccc(O)c(/C=N/NC(=O)c2cc(C)[nH]n2)c1. The van der Waals surface area contributed by atoms with E-state index in [0.29, 0.717) is 5.56 Å². The molecule has 0 bridgehead atoms. The number of phenols is 1. The molecule has 0 atom stereocenters. The van der Waals surface area contributed by atoms with Crippen LogP contribution in [0.15, 0.2) is 29.4 Å². The number of carbonyl (C=O) groups excluding carboxylic acids is 1. The quantitative estimate of drug-likeness (QED) is 0.575. The highest BCUT2D eigenvalue weighted by atomic mass is 16.3. The van der Waals surface area contributed by atoms with E-state index >= 15 is 0 Å². The van der Waals surface area contributed by atoms with Crippen molar-refractivity contribution in [2.45, 2.75) is 13.8 Å². The molecule has 0 saturated heterocycles. The second-order valence-electron chi connectivity index (χ2n) is 4.20. The van der Waals surface area contributed by atoms with E-state index in [9.17, 15) is 9.90 Å². The molecule has 0 fully saturated rings. The zero-order valence-electron chi connectivity index (χ0n) is 10.6. The Kier molecular flexibility index (Phi) is 3.61. The second-order valence-corrected chi connectivity index (χ2v) is 4.20. The van der Waals surface area contributed by atoms with E-state index in [4.69, 9.17) is 0 Å². The number of H-pyrrole nitrogens is 1. The highest BCUT2D eigenvalue weighted by Gasteiger charge is 2.07. The van der Waals surface area contributed by atoms with Crippen LogP contribution in [0.25, 0.3) is 0 Å². The number of hydrogen-bond donors (Lipinski definition) is 3. The third kappa shape index (κ3) is 3.19. The van der Waals surface area contributed by atoms with Crippen LogP contribution in [0, 0.1) is 13.8 Å². The monoisotopic (exact) mass is 258 g/mol. The first-order chi connectivity index (χ1) is 9.06. The number of aromatic nitrogens is 2. The van der Waals surface area contributed by atoms with Gasteiger partial charge in [0.1, 0.15) is 5.75 Å². The molecule has 0 aliphatic rings. The number of nitrogens with one attached hydrogen (secondary N) is 2. The highest BCUT2D eigenvalue weighted by Crippen LogP contribution is 2.15. The number of aromatic amines is 1. The first kappa shape index (κ1) is 12.8. The molecule has 1 heterocycles. The Bertz CT molecular complexity index is 631. The Balaban J connectivity index is 2.04. The molecule has 0 unspecified atom stereocenters. The molecule has 0 aliphatic heterocycles. The average molecular weight is 258 g/mol. The molecule has 19 heavy (non-hydrogen) atoms. The molecule has 6 heteroatoms. The summed E-state index contributed by atoms with van der Waals surface area (Å²) in [7, 11) is 0. The molecule has 98 valence electrons. The lowest BCUT2D eigenvalue weighted by molar-refractivity contribution is 0.0950. The smallest absolute Gasteiger partial charge is 0.291 e. The van der Waals surface area contributed by atoms with E-state index in [0.717, 1.165) is 11.3 Å². The van der Waals surface area contributed by atoms with E-state index in [2.05, 4.69) is 20.7 Å². The van der Waals surface area contributed by atoms with E-state index in [-0.39, 0.29) is 11.4 Å². The number of hydrogen-bond acceptors (Lipinski definition) is 4. The highest BCUT2D eigenvalue weighted by molar-refractivity contribution is 5.93. The fourth-order valence-electron chi connectivity index (χ4n) is 1.53. The standard InChI is InChI=1S/C13H14N4O2/c1-8-3-4-12(18)10(5-8)7-14-17-13(19)11-6-9(2)15-16-11/h3-7,18H,1-2H3,(H,15,16)(H,17,19)/b14-7+. The molecule has 2 aromatic rings. The molecule has 0 radical (unpaired) electrons. The summed E-state index contributed by atoms with van der Waals surface area (Å²) >= 11 is 0. The van der Waals surface area contributed by atoms with Gasteiger partial charge in [0.05, 0.1) is 6.21 Å². The van der Waals surface area contributed by atoms with Gasteiger partial charge in [-0.2, -0.15) is 10.2 Å². The maximum absolute atomic E-state index is 11.6. The molecule has 0 spiro atoms. The number of aromatic hydroxyl groups is 1. The molecule has 0 aliphatic carbocycles. The fraction of sp³-hybridized carbons (Fsp3) is 0.154. The van der Waals surface area contributed by atoms with Crippen molar-refractivity contribution in [1.82, 2.24) is 15.6 Å². The minimum absolute atomic E-state index is 0.110. The van der Waals surface area contributed by atoms with Crippen LogP contribution in [0.1, 0.15) is 27.3 Å². The van der Waals surface area contributed by atoms with Crippen molar-refractivity contribution >= 4 is 12.1 Å². The van der Waals surface area contributed by atoms with Gasteiger partial charge in [-0.25, -0.2) is 5.43 Å². The lowest BCUT2D eigenvalue weighted by Crippen LogP contribution is -2.18. The summed E-state index contributed by atoms with van der Waals surface area (Å²) < 4.78 is 0. The lowest BCUT2D eigenvalue weighted by atomic mass is 10.1. The summed E-state index contributed by atoms with van der Waals surface area (Å²) in [6, 6.07) is 6.76. The van der Waals surface area contributed by atoms with Gasteiger partial charge in [0.2, 0.25) is 0 Å². The third-order valence-electron chi connectivity index (χ3n) is 2.49. The number of phenolic OH excluding ortho intramolecular Hbond substituents is 1. The number of nitrogens with zero attached hydrogens (tertiary/aromatic N) is 2. The Labute approximate surface area is 110 Å². The van der Waals surface area contributed by atoms with Crippen molar-refractivity contribution in [2.75, 3.05) is 0 Å². The van der Waals surface area contributed by atoms with E-state index in [1.165, 1.54) is 6.21 Å². The Hall–Kier alpha value is -2.63. The van der Waals surface area contributed by atoms with Crippen molar-refractivity contribution in [1.29, 1.82) is 0 Å². The minimum atomic E-state index is -0.409. The summed E-state index contributed by atoms with van der Waals surface area (Å²) in [6.07, 6.45) is 1.39. The van der Waals surface area contributed by atoms with Crippen molar-refractivity contribution in [3.63, 3.8) is 0 Å². The minimum Gasteiger partial charge on any atom is -0.507 e.